The van der Waals surface area contributed by atoms with Crippen molar-refractivity contribution in [2.24, 2.45) is 11.7 Å². The highest BCUT2D eigenvalue weighted by atomic mass is 32.1. The lowest BCUT2D eigenvalue weighted by molar-refractivity contribution is -0.122. The molecule has 0 bridgehead atoms. The smallest absolute Gasteiger partial charge is 0.227 e. The fourth-order valence-corrected chi connectivity index (χ4v) is 2.05. The molecule has 1 fully saturated rings. The summed E-state index contributed by atoms with van der Waals surface area (Å²) in [5.74, 6) is 0.751. The van der Waals surface area contributed by atoms with Gasteiger partial charge in [-0.05, 0) is 37.1 Å². The van der Waals surface area contributed by atoms with Crippen LogP contribution in [0.3, 0.4) is 0 Å². The molecule has 1 aromatic rings. The van der Waals surface area contributed by atoms with Crippen LogP contribution in [0, 0.1) is 5.92 Å². The molecule has 6 heteroatoms. The summed E-state index contributed by atoms with van der Waals surface area (Å²) in [7, 11) is 0. The van der Waals surface area contributed by atoms with Gasteiger partial charge in [-0.2, -0.15) is 0 Å². The van der Waals surface area contributed by atoms with E-state index in [1.54, 1.807) is 24.3 Å². The molecule has 3 N–H and O–H groups in total. The highest BCUT2D eigenvalue weighted by Gasteiger charge is 2.21. The molecule has 20 heavy (non-hydrogen) atoms. The van der Waals surface area contributed by atoms with Crippen LogP contribution in [0.15, 0.2) is 24.3 Å². The van der Waals surface area contributed by atoms with Crippen molar-refractivity contribution in [3.63, 3.8) is 0 Å². The van der Waals surface area contributed by atoms with Crippen LogP contribution in [-0.4, -0.2) is 30.7 Å². The molecule has 1 aliphatic heterocycles. The molecule has 1 aromatic carbocycles. The Morgan fingerprint density at radius 1 is 1.35 bits per heavy atom. The molecule has 0 radical (unpaired) electrons. The summed E-state index contributed by atoms with van der Waals surface area (Å²) < 4.78 is 10.6. The minimum atomic E-state index is 0.0364. The van der Waals surface area contributed by atoms with Crippen LogP contribution in [0.4, 0.5) is 5.69 Å². The number of amides is 1. The van der Waals surface area contributed by atoms with Gasteiger partial charge in [0, 0.05) is 24.8 Å². The predicted octanol–water partition coefficient (Wildman–Crippen LogP) is 1.72. The molecular weight excluding hydrogens is 276 g/mol. The second-order valence-corrected chi connectivity index (χ2v) is 5.18. The number of anilines is 1. The number of benzene rings is 1. The first-order valence-corrected chi connectivity index (χ1v) is 6.96. The first-order chi connectivity index (χ1) is 9.65. The van der Waals surface area contributed by atoms with E-state index in [9.17, 15) is 4.79 Å². The fraction of sp³-hybridized carbons (Fsp3) is 0.429. The topological polar surface area (TPSA) is 73.6 Å². The van der Waals surface area contributed by atoms with E-state index in [-0.39, 0.29) is 18.4 Å². The Kier molecular flexibility index (Phi) is 5.31. The number of carbonyl (C=O) groups excluding carboxylic acids is 1. The molecule has 5 nitrogen and oxygen atoms in total. The van der Waals surface area contributed by atoms with Gasteiger partial charge in [-0.1, -0.05) is 12.2 Å². The van der Waals surface area contributed by atoms with E-state index in [4.69, 9.17) is 27.4 Å². The molecule has 0 unspecified atom stereocenters. The maximum Gasteiger partial charge on any atom is 0.227 e. The molecule has 2 rings (SSSR count). The van der Waals surface area contributed by atoms with E-state index in [1.807, 2.05) is 0 Å². The minimum Gasteiger partial charge on any atom is -0.487 e. The molecule has 1 heterocycles. The van der Waals surface area contributed by atoms with Gasteiger partial charge in [-0.15, -0.1) is 0 Å². The number of nitrogens with one attached hydrogen (secondary N) is 1. The highest BCUT2D eigenvalue weighted by molar-refractivity contribution is 7.80. The first-order valence-electron chi connectivity index (χ1n) is 6.55. The van der Waals surface area contributed by atoms with E-state index >= 15 is 0 Å². The van der Waals surface area contributed by atoms with Crippen LogP contribution in [0.2, 0.25) is 0 Å². The number of hydrogen-bond acceptors (Lipinski definition) is 4. The Labute approximate surface area is 123 Å². The summed E-state index contributed by atoms with van der Waals surface area (Å²) in [4.78, 5) is 12.3. The number of ether oxygens (including phenoxy) is 2. The fourth-order valence-electron chi connectivity index (χ4n) is 1.99. The van der Waals surface area contributed by atoms with Crippen LogP contribution in [0.5, 0.6) is 5.75 Å². The maximum absolute atomic E-state index is 12.0. The van der Waals surface area contributed by atoms with E-state index in [0.717, 1.165) is 18.5 Å². The van der Waals surface area contributed by atoms with Gasteiger partial charge in [0.2, 0.25) is 5.91 Å². The first kappa shape index (κ1) is 14.7. The lowest BCUT2D eigenvalue weighted by atomic mass is 9.99. The van der Waals surface area contributed by atoms with E-state index in [1.165, 1.54) is 0 Å². The highest BCUT2D eigenvalue weighted by Crippen LogP contribution is 2.19. The lowest BCUT2D eigenvalue weighted by Gasteiger charge is -2.21. The molecule has 1 amide bonds. The molecule has 0 aliphatic carbocycles. The van der Waals surface area contributed by atoms with Crippen molar-refractivity contribution in [1.29, 1.82) is 0 Å². The standard InChI is InChI=1S/C14H18N2O3S/c15-13(20)9-19-12-3-1-11(2-4-12)16-14(17)10-5-7-18-8-6-10/h1-4,10H,5-9H2,(H2,15,20)(H,16,17). The van der Waals surface area contributed by atoms with Crippen LogP contribution >= 0.6 is 12.2 Å². The van der Waals surface area contributed by atoms with Gasteiger partial charge in [-0.25, -0.2) is 0 Å². The van der Waals surface area contributed by atoms with Gasteiger partial charge in [0.05, 0.1) is 0 Å². The van der Waals surface area contributed by atoms with Gasteiger partial charge in [0.1, 0.15) is 17.3 Å². The Morgan fingerprint density at radius 3 is 2.60 bits per heavy atom. The normalized spacial score (nSPS) is 15.6. The minimum absolute atomic E-state index is 0.0364. The average molecular weight is 294 g/mol. The number of thiocarbonyl (C=S) groups is 1. The maximum atomic E-state index is 12.0. The molecule has 1 saturated heterocycles. The quantitative estimate of drug-likeness (QED) is 0.809. The molecule has 0 atom stereocenters. The average Bonchev–Trinajstić information content (AvgIpc) is 2.47. The van der Waals surface area contributed by atoms with E-state index in [2.05, 4.69) is 5.32 Å². The van der Waals surface area contributed by atoms with Crippen molar-refractivity contribution in [1.82, 2.24) is 0 Å². The van der Waals surface area contributed by atoms with Crippen molar-refractivity contribution in [2.75, 3.05) is 25.1 Å². The monoisotopic (exact) mass is 294 g/mol. The second kappa shape index (κ2) is 7.21. The molecular formula is C14H18N2O3S. The number of nitrogens with two attached hydrogens (primary N) is 1. The second-order valence-electron chi connectivity index (χ2n) is 4.66. The third kappa shape index (κ3) is 4.47. The summed E-state index contributed by atoms with van der Waals surface area (Å²) in [6, 6.07) is 7.15. The molecule has 1 aliphatic rings. The predicted molar refractivity (Wildman–Crippen MR) is 80.9 cm³/mol. The molecule has 108 valence electrons. The molecule has 0 spiro atoms. The van der Waals surface area contributed by atoms with Crippen LogP contribution in [0.1, 0.15) is 12.8 Å². The molecule has 0 saturated carbocycles. The van der Waals surface area contributed by atoms with Crippen molar-refractivity contribution in [3.05, 3.63) is 24.3 Å². The summed E-state index contributed by atoms with van der Waals surface area (Å²) in [6.07, 6.45) is 1.56. The number of hydrogen-bond donors (Lipinski definition) is 2. The third-order valence-electron chi connectivity index (χ3n) is 3.10. The molecule has 0 aromatic heterocycles. The Hall–Kier alpha value is -1.66. The van der Waals surface area contributed by atoms with Crippen molar-refractivity contribution >= 4 is 28.8 Å². The van der Waals surface area contributed by atoms with Crippen molar-refractivity contribution in [2.45, 2.75) is 12.8 Å². The van der Waals surface area contributed by atoms with Gasteiger partial charge in [-0.3, -0.25) is 4.79 Å². The number of rotatable bonds is 5. The zero-order valence-electron chi connectivity index (χ0n) is 11.1. The van der Waals surface area contributed by atoms with Gasteiger partial charge < -0.3 is 20.5 Å². The lowest BCUT2D eigenvalue weighted by Crippen LogP contribution is -2.28. The largest absolute Gasteiger partial charge is 0.487 e. The summed E-state index contributed by atoms with van der Waals surface area (Å²) in [5.41, 5.74) is 6.11. The third-order valence-corrected chi connectivity index (χ3v) is 3.21. The van der Waals surface area contributed by atoms with Crippen LogP contribution in [-0.2, 0) is 9.53 Å². The van der Waals surface area contributed by atoms with Crippen molar-refractivity contribution < 1.29 is 14.3 Å². The van der Waals surface area contributed by atoms with Gasteiger partial charge >= 0.3 is 0 Å². The SMILES string of the molecule is NC(=S)COc1ccc(NC(=O)C2CCOCC2)cc1. The van der Waals surface area contributed by atoms with E-state index < -0.39 is 0 Å². The summed E-state index contributed by atoms with van der Waals surface area (Å²) in [6.45, 7) is 1.52. The van der Waals surface area contributed by atoms with Crippen molar-refractivity contribution in [3.8, 4) is 5.75 Å². The zero-order chi connectivity index (χ0) is 14.4. The summed E-state index contributed by atoms with van der Waals surface area (Å²) in [5, 5.41) is 2.90. The summed E-state index contributed by atoms with van der Waals surface area (Å²) >= 11 is 4.74. The zero-order valence-corrected chi connectivity index (χ0v) is 11.9. The Morgan fingerprint density at radius 2 is 2.00 bits per heavy atom. The number of carbonyl (C=O) groups is 1. The van der Waals surface area contributed by atoms with Crippen LogP contribution in [0.25, 0.3) is 0 Å². The van der Waals surface area contributed by atoms with Crippen LogP contribution < -0.4 is 15.8 Å². The van der Waals surface area contributed by atoms with E-state index in [0.29, 0.717) is 24.0 Å². The van der Waals surface area contributed by atoms with Gasteiger partial charge in [0.15, 0.2) is 0 Å². The Balaban J connectivity index is 1.86. The Bertz CT molecular complexity index is 470. The van der Waals surface area contributed by atoms with Gasteiger partial charge in [0.25, 0.3) is 0 Å².